The molecule has 0 saturated heterocycles. The van der Waals surface area contributed by atoms with Crippen molar-refractivity contribution in [2.75, 3.05) is 6.61 Å². The lowest BCUT2D eigenvalue weighted by molar-refractivity contribution is -0.143. The first-order chi connectivity index (χ1) is 17.9. The first-order valence-electron chi connectivity index (χ1n) is 12.3. The number of hydrogen-bond donors (Lipinski definition) is 1. The van der Waals surface area contributed by atoms with E-state index in [1.807, 2.05) is 48.5 Å². The van der Waals surface area contributed by atoms with Crippen molar-refractivity contribution in [3.8, 4) is 5.75 Å². The molecule has 4 rings (SSSR count). The number of nitrogens with one attached hydrogen (secondary N) is 1. The molecule has 1 atom stereocenters. The van der Waals surface area contributed by atoms with Crippen molar-refractivity contribution in [3.05, 3.63) is 98.4 Å². The van der Waals surface area contributed by atoms with E-state index < -0.39 is 6.04 Å². The van der Waals surface area contributed by atoms with Gasteiger partial charge in [-0.05, 0) is 60.4 Å². The van der Waals surface area contributed by atoms with Crippen molar-refractivity contribution in [1.29, 1.82) is 0 Å². The fourth-order valence-electron chi connectivity index (χ4n) is 4.51. The van der Waals surface area contributed by atoms with Crippen LogP contribution >= 0.6 is 39.1 Å². The second-order valence-electron chi connectivity index (χ2n) is 9.21. The van der Waals surface area contributed by atoms with E-state index in [0.717, 1.165) is 41.3 Å². The minimum absolute atomic E-state index is 0.131. The van der Waals surface area contributed by atoms with Gasteiger partial charge < -0.3 is 15.0 Å². The Kier molecular flexibility index (Phi) is 9.89. The second-order valence-corrected chi connectivity index (χ2v) is 10.9. The summed E-state index contributed by atoms with van der Waals surface area (Å²) in [4.78, 5) is 28.9. The van der Waals surface area contributed by atoms with Crippen LogP contribution in [0.5, 0.6) is 5.75 Å². The standard InChI is InChI=1S/C29H29BrCl2N2O3/c30-22-11-13-24(14-12-22)37-19-28(35)34(18-21-10-15-25(31)26(32)16-21)27(17-20-6-2-1-3-7-20)29(36)33-23-8-4-5-9-23/h1-3,6-7,10-16,23,27H,4-5,8-9,17-19H2,(H,33,36)/t27-/m1/s1. The predicted octanol–water partition coefficient (Wildman–Crippen LogP) is 6.83. The largest absolute Gasteiger partial charge is 0.484 e. The molecule has 1 aliphatic carbocycles. The number of amides is 2. The van der Waals surface area contributed by atoms with Gasteiger partial charge in [0.2, 0.25) is 5.91 Å². The van der Waals surface area contributed by atoms with E-state index in [4.69, 9.17) is 27.9 Å². The third kappa shape index (κ3) is 7.97. The Labute approximate surface area is 236 Å². The number of rotatable bonds is 10. The average Bonchev–Trinajstić information content (AvgIpc) is 3.41. The highest BCUT2D eigenvalue weighted by atomic mass is 79.9. The van der Waals surface area contributed by atoms with E-state index in [9.17, 15) is 9.59 Å². The Morgan fingerprint density at radius 2 is 1.65 bits per heavy atom. The van der Waals surface area contributed by atoms with Gasteiger partial charge in [0.15, 0.2) is 6.61 Å². The van der Waals surface area contributed by atoms with Crippen molar-refractivity contribution in [2.45, 2.75) is 50.7 Å². The summed E-state index contributed by atoms with van der Waals surface area (Å²) in [5.74, 6) is 0.116. The van der Waals surface area contributed by atoms with Crippen molar-refractivity contribution < 1.29 is 14.3 Å². The highest BCUT2D eigenvalue weighted by Crippen LogP contribution is 2.25. The van der Waals surface area contributed by atoms with Gasteiger partial charge in [-0.15, -0.1) is 0 Å². The van der Waals surface area contributed by atoms with Crippen LogP contribution in [0.1, 0.15) is 36.8 Å². The van der Waals surface area contributed by atoms with Gasteiger partial charge >= 0.3 is 0 Å². The zero-order chi connectivity index (χ0) is 26.2. The first-order valence-corrected chi connectivity index (χ1v) is 13.9. The van der Waals surface area contributed by atoms with E-state index >= 15 is 0 Å². The normalized spacial score (nSPS) is 14.2. The van der Waals surface area contributed by atoms with E-state index in [-0.39, 0.29) is 31.0 Å². The predicted molar refractivity (Wildman–Crippen MR) is 151 cm³/mol. The zero-order valence-corrected chi connectivity index (χ0v) is 23.4. The van der Waals surface area contributed by atoms with Crippen LogP contribution in [-0.2, 0) is 22.6 Å². The molecule has 1 fully saturated rings. The van der Waals surface area contributed by atoms with E-state index in [1.165, 1.54) is 0 Å². The highest BCUT2D eigenvalue weighted by molar-refractivity contribution is 9.10. The molecule has 3 aromatic rings. The molecule has 2 amide bonds. The van der Waals surface area contributed by atoms with Crippen molar-refractivity contribution in [2.24, 2.45) is 0 Å². The number of carbonyl (C=O) groups excluding carboxylic acids is 2. The maximum absolute atomic E-state index is 13.7. The summed E-state index contributed by atoms with van der Waals surface area (Å²) in [7, 11) is 0. The molecule has 1 aliphatic rings. The molecular weight excluding hydrogens is 575 g/mol. The zero-order valence-electron chi connectivity index (χ0n) is 20.3. The van der Waals surface area contributed by atoms with Gasteiger partial charge in [-0.25, -0.2) is 0 Å². The van der Waals surface area contributed by atoms with Gasteiger partial charge in [0.1, 0.15) is 11.8 Å². The number of halogens is 3. The van der Waals surface area contributed by atoms with E-state index in [1.54, 1.807) is 29.2 Å². The molecule has 1 saturated carbocycles. The minimum Gasteiger partial charge on any atom is -0.484 e. The van der Waals surface area contributed by atoms with Crippen LogP contribution in [0.25, 0.3) is 0 Å². The summed E-state index contributed by atoms with van der Waals surface area (Å²) in [5, 5.41) is 4.02. The SMILES string of the molecule is O=C(NC1CCCC1)[C@@H](Cc1ccccc1)N(Cc1ccc(Cl)c(Cl)c1)C(=O)COc1ccc(Br)cc1. The average molecular weight is 604 g/mol. The van der Waals surface area contributed by atoms with E-state index in [0.29, 0.717) is 22.2 Å². The molecule has 194 valence electrons. The summed E-state index contributed by atoms with van der Waals surface area (Å²) in [6, 6.07) is 21.7. The summed E-state index contributed by atoms with van der Waals surface area (Å²) < 4.78 is 6.72. The quantitative estimate of drug-likeness (QED) is 0.276. The van der Waals surface area contributed by atoms with Crippen molar-refractivity contribution in [3.63, 3.8) is 0 Å². The number of benzene rings is 3. The van der Waals surface area contributed by atoms with Crippen LogP contribution in [0.4, 0.5) is 0 Å². The summed E-state index contributed by atoms with van der Waals surface area (Å²) in [6.07, 6.45) is 4.49. The molecule has 0 spiro atoms. The number of nitrogens with zero attached hydrogens (tertiary/aromatic N) is 1. The molecule has 0 aromatic heterocycles. The monoisotopic (exact) mass is 602 g/mol. The summed E-state index contributed by atoms with van der Waals surface area (Å²) in [6.45, 7) is -0.0139. The lowest BCUT2D eigenvalue weighted by Gasteiger charge is -2.32. The molecule has 0 bridgehead atoms. The third-order valence-corrected chi connectivity index (χ3v) is 7.75. The Balaban J connectivity index is 1.62. The smallest absolute Gasteiger partial charge is 0.261 e. The Morgan fingerprint density at radius 1 is 0.946 bits per heavy atom. The van der Waals surface area contributed by atoms with Gasteiger partial charge in [0.05, 0.1) is 10.0 Å². The molecule has 5 nitrogen and oxygen atoms in total. The lowest BCUT2D eigenvalue weighted by atomic mass is 10.0. The lowest BCUT2D eigenvalue weighted by Crippen LogP contribution is -2.53. The van der Waals surface area contributed by atoms with Gasteiger partial charge in [-0.1, -0.05) is 88.4 Å². The Bertz CT molecular complexity index is 1200. The van der Waals surface area contributed by atoms with Gasteiger partial charge in [0.25, 0.3) is 5.91 Å². The van der Waals surface area contributed by atoms with Crippen molar-refractivity contribution in [1.82, 2.24) is 10.2 Å². The first kappa shape index (κ1) is 27.5. The highest BCUT2D eigenvalue weighted by Gasteiger charge is 2.32. The van der Waals surface area contributed by atoms with Crippen LogP contribution in [0.15, 0.2) is 77.3 Å². The van der Waals surface area contributed by atoms with Gasteiger partial charge in [-0.3, -0.25) is 9.59 Å². The molecule has 3 aromatic carbocycles. The van der Waals surface area contributed by atoms with Crippen LogP contribution in [0.2, 0.25) is 10.0 Å². The number of carbonyl (C=O) groups is 2. The Morgan fingerprint density at radius 3 is 2.32 bits per heavy atom. The van der Waals surface area contributed by atoms with Crippen LogP contribution in [-0.4, -0.2) is 35.4 Å². The molecule has 1 N–H and O–H groups in total. The van der Waals surface area contributed by atoms with Crippen LogP contribution < -0.4 is 10.1 Å². The van der Waals surface area contributed by atoms with Crippen LogP contribution in [0.3, 0.4) is 0 Å². The Hall–Kier alpha value is -2.54. The topological polar surface area (TPSA) is 58.6 Å². The fraction of sp³-hybridized carbons (Fsp3) is 0.310. The molecule has 0 heterocycles. The second kappa shape index (κ2) is 13.3. The fourth-order valence-corrected chi connectivity index (χ4v) is 5.10. The third-order valence-electron chi connectivity index (χ3n) is 6.49. The van der Waals surface area contributed by atoms with Gasteiger partial charge in [0, 0.05) is 23.5 Å². The van der Waals surface area contributed by atoms with Crippen LogP contribution in [0, 0.1) is 0 Å². The molecule has 0 unspecified atom stereocenters. The summed E-state index contributed by atoms with van der Waals surface area (Å²) in [5.41, 5.74) is 1.74. The molecular formula is C29H29BrCl2N2O3. The molecule has 0 radical (unpaired) electrons. The molecule has 8 heteroatoms. The van der Waals surface area contributed by atoms with Gasteiger partial charge in [-0.2, -0.15) is 0 Å². The minimum atomic E-state index is -0.724. The maximum Gasteiger partial charge on any atom is 0.261 e. The molecule has 37 heavy (non-hydrogen) atoms. The molecule has 0 aliphatic heterocycles. The summed E-state index contributed by atoms with van der Waals surface area (Å²) >= 11 is 15.8. The van der Waals surface area contributed by atoms with E-state index in [2.05, 4.69) is 21.2 Å². The van der Waals surface area contributed by atoms with Crippen molar-refractivity contribution >= 4 is 50.9 Å². The number of hydrogen-bond acceptors (Lipinski definition) is 3. The maximum atomic E-state index is 13.7. The number of ether oxygens (including phenoxy) is 1.